The lowest BCUT2D eigenvalue weighted by Gasteiger charge is -2.13. The van der Waals surface area contributed by atoms with Crippen molar-refractivity contribution in [2.45, 2.75) is 0 Å². The van der Waals surface area contributed by atoms with Crippen molar-refractivity contribution in [2.24, 2.45) is 0 Å². The molecule has 0 amide bonds. The van der Waals surface area contributed by atoms with Crippen molar-refractivity contribution < 1.29 is 0 Å². The summed E-state index contributed by atoms with van der Waals surface area (Å²) in [6, 6.07) is 52.4. The highest BCUT2D eigenvalue weighted by Crippen LogP contribution is 2.37. The average Bonchev–Trinajstić information content (AvgIpc) is 3.84. The minimum atomic E-state index is 0.800. The molecular formula is C39H26N6. The largest absolute Gasteiger partial charge is 0.308 e. The number of hydrogen-bond donors (Lipinski definition) is 0. The van der Waals surface area contributed by atoms with Gasteiger partial charge in [-0.1, -0.05) is 97.1 Å². The van der Waals surface area contributed by atoms with Crippen LogP contribution in [0.1, 0.15) is 0 Å². The standard InChI is InChI=1S/C39H26N6/c1-4-12-27(13-5-1)38-41-42-39(28-14-6-2-7-15-28)44(38)30-22-20-29(21-23-30)43-35-19-11-10-18-32(35)33-24-25-36-34(37(33)43)26-40-45(36)31-16-8-3-9-17-31/h1-26H. The number of fused-ring (bicyclic) bond motifs is 5. The van der Waals surface area contributed by atoms with Gasteiger partial charge in [0.15, 0.2) is 11.6 Å². The molecule has 0 saturated carbocycles. The molecule has 0 atom stereocenters. The van der Waals surface area contributed by atoms with E-state index in [4.69, 9.17) is 5.10 Å². The van der Waals surface area contributed by atoms with Crippen LogP contribution < -0.4 is 0 Å². The van der Waals surface area contributed by atoms with Crippen LogP contribution in [0.15, 0.2) is 158 Å². The van der Waals surface area contributed by atoms with Crippen LogP contribution in [-0.4, -0.2) is 29.1 Å². The molecule has 0 bridgehead atoms. The normalized spacial score (nSPS) is 11.6. The Balaban J connectivity index is 1.25. The Labute approximate surface area is 259 Å². The van der Waals surface area contributed by atoms with Crippen LogP contribution in [-0.2, 0) is 0 Å². The molecule has 0 aliphatic rings. The highest BCUT2D eigenvalue weighted by Gasteiger charge is 2.20. The van der Waals surface area contributed by atoms with Crippen molar-refractivity contribution >= 4 is 32.7 Å². The van der Waals surface area contributed by atoms with Gasteiger partial charge in [0.2, 0.25) is 0 Å². The zero-order chi connectivity index (χ0) is 29.7. The first-order valence-electron chi connectivity index (χ1n) is 15.0. The van der Waals surface area contributed by atoms with E-state index >= 15 is 0 Å². The zero-order valence-electron chi connectivity index (χ0n) is 24.2. The van der Waals surface area contributed by atoms with Gasteiger partial charge in [0, 0.05) is 38.7 Å². The monoisotopic (exact) mass is 578 g/mol. The fraction of sp³-hybridized carbons (Fsp3) is 0. The summed E-state index contributed by atoms with van der Waals surface area (Å²) in [5.41, 5.74) is 8.48. The molecule has 0 aliphatic carbocycles. The molecular weight excluding hydrogens is 552 g/mol. The molecule has 212 valence electrons. The van der Waals surface area contributed by atoms with Crippen molar-refractivity contribution in [1.82, 2.24) is 29.1 Å². The minimum absolute atomic E-state index is 0.800. The molecule has 0 aliphatic heterocycles. The summed E-state index contributed by atoms with van der Waals surface area (Å²) in [5, 5.41) is 17.7. The molecule has 6 nitrogen and oxygen atoms in total. The maximum absolute atomic E-state index is 4.83. The molecule has 0 N–H and O–H groups in total. The smallest absolute Gasteiger partial charge is 0.168 e. The van der Waals surface area contributed by atoms with Crippen molar-refractivity contribution in [2.75, 3.05) is 0 Å². The lowest BCUT2D eigenvalue weighted by atomic mass is 10.1. The lowest BCUT2D eigenvalue weighted by molar-refractivity contribution is 0.911. The summed E-state index contributed by atoms with van der Waals surface area (Å²) in [6.45, 7) is 0. The molecule has 6 aromatic carbocycles. The topological polar surface area (TPSA) is 53.5 Å². The van der Waals surface area contributed by atoms with Crippen LogP contribution in [0.3, 0.4) is 0 Å². The second-order valence-corrected chi connectivity index (χ2v) is 11.1. The van der Waals surface area contributed by atoms with Gasteiger partial charge >= 0.3 is 0 Å². The lowest BCUT2D eigenvalue weighted by Crippen LogP contribution is -2.01. The average molecular weight is 579 g/mol. The summed E-state index contributed by atoms with van der Waals surface area (Å²) in [5.74, 6) is 1.60. The van der Waals surface area contributed by atoms with E-state index in [1.165, 1.54) is 10.8 Å². The third kappa shape index (κ3) is 4.00. The summed E-state index contributed by atoms with van der Waals surface area (Å²) in [7, 11) is 0. The number of rotatable bonds is 5. The van der Waals surface area contributed by atoms with Gasteiger partial charge in [0.1, 0.15) is 0 Å². The van der Waals surface area contributed by atoms with Crippen LogP contribution in [0.2, 0.25) is 0 Å². The number of aromatic nitrogens is 6. The molecule has 0 fully saturated rings. The van der Waals surface area contributed by atoms with Gasteiger partial charge < -0.3 is 4.57 Å². The quantitative estimate of drug-likeness (QED) is 0.205. The van der Waals surface area contributed by atoms with Crippen LogP contribution in [0.4, 0.5) is 0 Å². The van der Waals surface area contributed by atoms with Crippen molar-refractivity contribution in [3.8, 4) is 39.8 Å². The number of benzene rings is 6. The maximum atomic E-state index is 4.83. The van der Waals surface area contributed by atoms with E-state index in [1.54, 1.807) is 0 Å². The Morgan fingerprint density at radius 2 is 0.933 bits per heavy atom. The molecule has 3 heterocycles. The van der Waals surface area contributed by atoms with Gasteiger partial charge in [0.25, 0.3) is 0 Å². The molecule has 3 aromatic heterocycles. The summed E-state index contributed by atoms with van der Waals surface area (Å²) < 4.78 is 6.51. The first-order valence-corrected chi connectivity index (χ1v) is 15.0. The molecule has 9 rings (SSSR count). The number of para-hydroxylation sites is 2. The molecule has 6 heteroatoms. The van der Waals surface area contributed by atoms with E-state index in [0.29, 0.717) is 0 Å². The van der Waals surface area contributed by atoms with Crippen molar-refractivity contribution in [3.63, 3.8) is 0 Å². The minimum Gasteiger partial charge on any atom is -0.308 e. The first kappa shape index (κ1) is 25.2. The van der Waals surface area contributed by atoms with Crippen molar-refractivity contribution in [3.05, 3.63) is 158 Å². The van der Waals surface area contributed by atoms with E-state index in [-0.39, 0.29) is 0 Å². The highest BCUT2D eigenvalue weighted by molar-refractivity contribution is 6.18. The first-order chi connectivity index (χ1) is 22.3. The summed E-state index contributed by atoms with van der Waals surface area (Å²) in [4.78, 5) is 0. The third-order valence-electron chi connectivity index (χ3n) is 8.48. The van der Waals surface area contributed by atoms with E-state index in [0.717, 1.165) is 61.8 Å². The van der Waals surface area contributed by atoms with Gasteiger partial charge in [0.05, 0.1) is 28.4 Å². The van der Waals surface area contributed by atoms with E-state index in [2.05, 4.69) is 116 Å². The van der Waals surface area contributed by atoms with Gasteiger partial charge in [-0.25, -0.2) is 4.68 Å². The Morgan fingerprint density at radius 3 is 1.58 bits per heavy atom. The zero-order valence-corrected chi connectivity index (χ0v) is 24.2. The fourth-order valence-electron chi connectivity index (χ4n) is 6.43. The predicted molar refractivity (Wildman–Crippen MR) is 181 cm³/mol. The van der Waals surface area contributed by atoms with Crippen molar-refractivity contribution in [1.29, 1.82) is 0 Å². The van der Waals surface area contributed by atoms with Gasteiger partial charge in [-0.15, -0.1) is 10.2 Å². The van der Waals surface area contributed by atoms with Gasteiger partial charge in [-0.3, -0.25) is 4.57 Å². The third-order valence-corrected chi connectivity index (χ3v) is 8.48. The summed E-state index contributed by atoms with van der Waals surface area (Å²) in [6.07, 6.45) is 1.99. The highest BCUT2D eigenvalue weighted by atomic mass is 15.3. The second-order valence-electron chi connectivity index (χ2n) is 11.1. The Kier molecular flexibility index (Phi) is 5.71. The maximum Gasteiger partial charge on any atom is 0.168 e. The predicted octanol–water partition coefficient (Wildman–Crippen LogP) is 9.04. The van der Waals surface area contributed by atoms with Crippen LogP contribution in [0.5, 0.6) is 0 Å². The Bertz CT molecular complexity index is 2400. The fourth-order valence-corrected chi connectivity index (χ4v) is 6.43. The molecule has 0 saturated heterocycles. The number of hydrogen-bond acceptors (Lipinski definition) is 3. The summed E-state index contributed by atoms with van der Waals surface area (Å²) >= 11 is 0. The van der Waals surface area contributed by atoms with E-state index in [9.17, 15) is 0 Å². The SMILES string of the molecule is c1ccc(-c2nnc(-c3ccccc3)n2-c2ccc(-n3c4ccccc4c4ccc5c(cnn5-c5ccccc5)c43)cc2)cc1. The molecule has 0 unspecified atom stereocenters. The molecule has 0 radical (unpaired) electrons. The second kappa shape index (κ2) is 10.2. The van der Waals surface area contributed by atoms with Crippen LogP contribution in [0, 0.1) is 0 Å². The van der Waals surface area contributed by atoms with Crippen LogP contribution in [0.25, 0.3) is 72.5 Å². The molecule has 45 heavy (non-hydrogen) atoms. The number of nitrogens with zero attached hydrogens (tertiary/aromatic N) is 6. The van der Waals surface area contributed by atoms with Gasteiger partial charge in [-0.05, 0) is 54.6 Å². The Morgan fingerprint density at radius 1 is 0.378 bits per heavy atom. The molecule has 9 aromatic rings. The molecule has 0 spiro atoms. The van der Waals surface area contributed by atoms with E-state index < -0.39 is 0 Å². The van der Waals surface area contributed by atoms with Gasteiger partial charge in [-0.2, -0.15) is 5.10 Å². The van der Waals surface area contributed by atoms with Crippen LogP contribution >= 0.6 is 0 Å². The van der Waals surface area contributed by atoms with E-state index in [1.807, 2.05) is 65.5 Å². The Hall–Kier alpha value is -6.27.